The lowest BCUT2D eigenvalue weighted by atomic mass is 10.2. The fraction of sp³-hybridized carbons (Fsp3) is 0.222. The van der Waals surface area contributed by atoms with Crippen molar-refractivity contribution in [3.63, 3.8) is 0 Å². The molecular formula is C18H19Cl2N3O5S. The molecule has 0 saturated heterocycles. The average molecular weight is 460 g/mol. The summed E-state index contributed by atoms with van der Waals surface area (Å²) in [7, 11) is 0.0215. The number of hydrogen-bond acceptors (Lipinski definition) is 6. The van der Waals surface area contributed by atoms with Crippen LogP contribution in [0.15, 0.2) is 46.4 Å². The second-order valence-corrected chi connectivity index (χ2v) is 8.59. The predicted molar refractivity (Wildman–Crippen MR) is 112 cm³/mol. The lowest BCUT2D eigenvalue weighted by Crippen LogP contribution is -2.36. The Morgan fingerprint density at radius 3 is 2.52 bits per heavy atom. The van der Waals surface area contributed by atoms with E-state index in [9.17, 15) is 13.2 Å². The molecule has 0 unspecified atom stereocenters. The van der Waals surface area contributed by atoms with Crippen LogP contribution in [0, 0.1) is 0 Å². The zero-order valence-corrected chi connectivity index (χ0v) is 18.2. The summed E-state index contributed by atoms with van der Waals surface area (Å²) in [5.74, 6) is -0.167. The first-order valence-corrected chi connectivity index (χ1v) is 10.3. The molecule has 2 aromatic rings. The molecule has 2 aromatic carbocycles. The van der Waals surface area contributed by atoms with Gasteiger partial charge in [0.15, 0.2) is 0 Å². The van der Waals surface area contributed by atoms with E-state index in [1.165, 1.54) is 45.7 Å². The minimum Gasteiger partial charge on any atom is -0.497 e. The fourth-order valence-electron chi connectivity index (χ4n) is 2.26. The zero-order valence-electron chi connectivity index (χ0n) is 15.8. The number of rotatable bonds is 8. The number of benzene rings is 2. The summed E-state index contributed by atoms with van der Waals surface area (Å²) in [6.07, 6.45) is 1.33. The van der Waals surface area contributed by atoms with E-state index in [0.717, 1.165) is 4.31 Å². The van der Waals surface area contributed by atoms with Crippen LogP contribution in [0.1, 0.15) is 5.56 Å². The number of nitrogens with zero attached hydrogens (tertiary/aromatic N) is 2. The van der Waals surface area contributed by atoms with E-state index in [2.05, 4.69) is 10.5 Å². The minimum absolute atomic E-state index is 0.119. The highest BCUT2D eigenvalue weighted by Crippen LogP contribution is 2.30. The molecule has 0 aliphatic carbocycles. The van der Waals surface area contributed by atoms with Gasteiger partial charge in [-0.2, -0.15) is 9.41 Å². The summed E-state index contributed by atoms with van der Waals surface area (Å²) >= 11 is 11.8. The Labute approximate surface area is 179 Å². The lowest BCUT2D eigenvalue weighted by molar-refractivity contribution is -0.121. The summed E-state index contributed by atoms with van der Waals surface area (Å²) in [6.45, 7) is -0.464. The number of hydrazone groups is 1. The maximum atomic E-state index is 12.8. The summed E-state index contributed by atoms with van der Waals surface area (Å²) in [4.78, 5) is 12.0. The van der Waals surface area contributed by atoms with E-state index in [1.807, 2.05) is 0 Å². The largest absolute Gasteiger partial charge is 0.497 e. The smallest absolute Gasteiger partial charge is 0.255 e. The Morgan fingerprint density at radius 2 is 1.90 bits per heavy atom. The second kappa shape index (κ2) is 9.93. The van der Waals surface area contributed by atoms with Gasteiger partial charge in [0, 0.05) is 23.7 Å². The second-order valence-electron chi connectivity index (χ2n) is 5.74. The van der Waals surface area contributed by atoms with Crippen molar-refractivity contribution in [1.29, 1.82) is 0 Å². The molecule has 29 heavy (non-hydrogen) atoms. The third-order valence-electron chi connectivity index (χ3n) is 3.78. The first-order valence-electron chi connectivity index (χ1n) is 8.14. The molecule has 0 fully saturated rings. The molecule has 0 aliphatic heterocycles. The molecule has 0 bridgehead atoms. The summed E-state index contributed by atoms with van der Waals surface area (Å²) in [5, 5.41) is 4.61. The van der Waals surface area contributed by atoms with E-state index in [-0.39, 0.29) is 10.6 Å². The molecule has 156 valence electrons. The molecule has 0 radical (unpaired) electrons. The van der Waals surface area contributed by atoms with Crippen molar-refractivity contribution in [2.75, 3.05) is 27.8 Å². The Kier molecular flexibility index (Phi) is 7.86. The van der Waals surface area contributed by atoms with Crippen LogP contribution in [0.3, 0.4) is 0 Å². The van der Waals surface area contributed by atoms with Gasteiger partial charge in [0.1, 0.15) is 16.4 Å². The van der Waals surface area contributed by atoms with Crippen LogP contribution < -0.4 is 14.9 Å². The molecule has 0 aromatic heterocycles. The van der Waals surface area contributed by atoms with Crippen LogP contribution in [0.4, 0.5) is 0 Å². The fourth-order valence-corrected chi connectivity index (χ4v) is 4.01. The molecule has 1 amide bonds. The van der Waals surface area contributed by atoms with Gasteiger partial charge in [-0.15, -0.1) is 0 Å². The van der Waals surface area contributed by atoms with Gasteiger partial charge in [0.25, 0.3) is 5.91 Å². The van der Waals surface area contributed by atoms with Gasteiger partial charge < -0.3 is 9.47 Å². The van der Waals surface area contributed by atoms with Gasteiger partial charge in [-0.1, -0.05) is 29.3 Å². The van der Waals surface area contributed by atoms with E-state index in [1.54, 1.807) is 18.2 Å². The van der Waals surface area contributed by atoms with Gasteiger partial charge in [-0.05, 0) is 24.3 Å². The van der Waals surface area contributed by atoms with Crippen molar-refractivity contribution in [2.24, 2.45) is 5.10 Å². The van der Waals surface area contributed by atoms with Crippen LogP contribution in [0.25, 0.3) is 0 Å². The first kappa shape index (κ1) is 23.0. The maximum absolute atomic E-state index is 12.8. The number of carbonyl (C=O) groups is 1. The topological polar surface area (TPSA) is 97.3 Å². The summed E-state index contributed by atoms with van der Waals surface area (Å²) in [5.41, 5.74) is 2.80. The van der Waals surface area contributed by atoms with E-state index in [0.29, 0.717) is 21.4 Å². The molecule has 0 atom stereocenters. The van der Waals surface area contributed by atoms with Crippen molar-refractivity contribution in [3.8, 4) is 11.5 Å². The third-order valence-corrected chi connectivity index (χ3v) is 6.17. The number of sulfonamides is 1. The molecule has 0 saturated carbocycles. The van der Waals surface area contributed by atoms with Crippen molar-refractivity contribution in [3.05, 3.63) is 52.0 Å². The molecule has 0 spiro atoms. The number of methoxy groups -OCH3 is 2. The normalized spacial score (nSPS) is 11.7. The maximum Gasteiger partial charge on any atom is 0.255 e. The number of carbonyl (C=O) groups excluding carboxylic acids is 1. The number of hydrogen-bond donors (Lipinski definition) is 1. The zero-order chi connectivity index (χ0) is 21.6. The standard InChI is InChI=1S/C18H19Cl2N3O5S/c1-23(29(25,26)17-9-14(27-2)6-7-16(17)28-3)11-18(24)22-21-10-12-4-5-13(19)8-15(12)20/h4-10H,11H2,1-3H3,(H,22,24)/b21-10-. The first-order chi connectivity index (χ1) is 13.7. The Balaban J connectivity index is 2.09. The molecule has 11 heteroatoms. The van der Waals surface area contributed by atoms with Crippen molar-refractivity contribution < 1.29 is 22.7 Å². The van der Waals surface area contributed by atoms with E-state index < -0.39 is 22.5 Å². The van der Waals surface area contributed by atoms with E-state index >= 15 is 0 Å². The number of likely N-dealkylation sites (N-methyl/N-ethyl adjacent to an activating group) is 1. The molecule has 0 heterocycles. The Bertz CT molecular complexity index is 1030. The molecular weight excluding hydrogens is 441 g/mol. The van der Waals surface area contributed by atoms with Crippen LogP contribution in [-0.2, 0) is 14.8 Å². The molecule has 2 rings (SSSR count). The van der Waals surface area contributed by atoms with Crippen molar-refractivity contribution >= 4 is 45.3 Å². The van der Waals surface area contributed by atoms with Crippen molar-refractivity contribution in [1.82, 2.24) is 9.73 Å². The van der Waals surface area contributed by atoms with Crippen molar-refractivity contribution in [2.45, 2.75) is 4.90 Å². The molecule has 1 N–H and O–H groups in total. The number of nitrogens with one attached hydrogen (secondary N) is 1. The van der Waals surface area contributed by atoms with Gasteiger partial charge in [0.05, 0.1) is 32.0 Å². The number of ether oxygens (including phenoxy) is 2. The van der Waals surface area contributed by atoms with Gasteiger partial charge in [0.2, 0.25) is 10.0 Å². The SMILES string of the molecule is COc1ccc(OC)c(S(=O)(=O)N(C)CC(=O)N/N=C\c2ccc(Cl)cc2Cl)c1. The highest BCUT2D eigenvalue weighted by molar-refractivity contribution is 7.89. The van der Waals surface area contributed by atoms with Gasteiger partial charge in [-0.25, -0.2) is 13.8 Å². The summed E-state index contributed by atoms with van der Waals surface area (Å²) in [6, 6.07) is 9.16. The Morgan fingerprint density at radius 1 is 1.17 bits per heavy atom. The highest BCUT2D eigenvalue weighted by atomic mass is 35.5. The van der Waals surface area contributed by atoms with Crippen LogP contribution in [-0.4, -0.2) is 52.7 Å². The monoisotopic (exact) mass is 459 g/mol. The minimum atomic E-state index is -4.02. The van der Waals surface area contributed by atoms with E-state index in [4.69, 9.17) is 32.7 Å². The van der Waals surface area contributed by atoms with Gasteiger partial charge in [-0.3, -0.25) is 4.79 Å². The Hall–Kier alpha value is -2.33. The third kappa shape index (κ3) is 5.83. The number of halogens is 2. The van der Waals surface area contributed by atoms with Crippen LogP contribution in [0.2, 0.25) is 10.0 Å². The van der Waals surface area contributed by atoms with Gasteiger partial charge >= 0.3 is 0 Å². The average Bonchev–Trinajstić information content (AvgIpc) is 2.68. The number of amides is 1. The predicted octanol–water partition coefficient (Wildman–Crippen LogP) is 2.78. The highest BCUT2D eigenvalue weighted by Gasteiger charge is 2.27. The van der Waals surface area contributed by atoms with Crippen LogP contribution >= 0.6 is 23.2 Å². The quantitative estimate of drug-likeness (QED) is 0.483. The molecule has 0 aliphatic rings. The molecule has 8 nitrogen and oxygen atoms in total. The summed E-state index contributed by atoms with van der Waals surface area (Å²) < 4.78 is 36.7. The lowest BCUT2D eigenvalue weighted by Gasteiger charge is -2.18. The van der Waals surface area contributed by atoms with Crippen LogP contribution in [0.5, 0.6) is 11.5 Å².